The van der Waals surface area contributed by atoms with E-state index in [1.54, 1.807) is 7.11 Å². The summed E-state index contributed by atoms with van der Waals surface area (Å²) >= 11 is 0. The highest BCUT2D eigenvalue weighted by Crippen LogP contribution is 2.33. The van der Waals surface area contributed by atoms with Crippen LogP contribution < -0.4 is 10.1 Å². The maximum absolute atomic E-state index is 12.3. The minimum Gasteiger partial charge on any atom is -0.496 e. The van der Waals surface area contributed by atoms with Crippen molar-refractivity contribution < 1.29 is 9.53 Å². The van der Waals surface area contributed by atoms with E-state index in [0.29, 0.717) is 12.6 Å². The summed E-state index contributed by atoms with van der Waals surface area (Å²) in [6.07, 6.45) is 2.01. The van der Waals surface area contributed by atoms with Gasteiger partial charge in [-0.3, -0.25) is 10.1 Å². The van der Waals surface area contributed by atoms with Crippen LogP contribution in [0.25, 0.3) is 0 Å². The molecule has 5 heteroatoms. The molecular formula is C16H23N3O2. The summed E-state index contributed by atoms with van der Waals surface area (Å²) in [6, 6.07) is 8.26. The maximum Gasteiger partial charge on any atom is 0.238 e. The van der Waals surface area contributed by atoms with Crippen LogP contribution in [-0.4, -0.2) is 55.5 Å². The molecule has 2 heterocycles. The first kappa shape index (κ1) is 14.4. The van der Waals surface area contributed by atoms with Crippen molar-refractivity contribution in [3.05, 3.63) is 29.8 Å². The number of para-hydroxylation sites is 1. The molecule has 21 heavy (non-hydrogen) atoms. The molecule has 1 aromatic rings. The molecule has 0 saturated carbocycles. The normalized spacial score (nSPS) is 24.6. The minimum atomic E-state index is -0.0675. The van der Waals surface area contributed by atoms with Crippen LogP contribution in [0.5, 0.6) is 5.75 Å². The van der Waals surface area contributed by atoms with Gasteiger partial charge in [0.25, 0.3) is 0 Å². The predicted molar refractivity (Wildman–Crippen MR) is 81.1 cm³/mol. The maximum atomic E-state index is 12.3. The Morgan fingerprint density at radius 2 is 1.95 bits per heavy atom. The number of nitrogens with zero attached hydrogens (tertiary/aromatic N) is 2. The standard InChI is InChI=1S/C16H23N3O2/c1-18-9-7-12(8-10-18)19-15(20)11-17-16(19)13-5-3-4-6-14(13)21-2/h3-6,12,16-17H,7-11H2,1-2H3. The van der Waals surface area contributed by atoms with Gasteiger partial charge in [0.15, 0.2) is 0 Å². The van der Waals surface area contributed by atoms with Crippen molar-refractivity contribution >= 4 is 5.91 Å². The zero-order valence-electron chi connectivity index (χ0n) is 12.7. The average molecular weight is 289 g/mol. The largest absolute Gasteiger partial charge is 0.496 e. The van der Waals surface area contributed by atoms with Gasteiger partial charge in [-0.2, -0.15) is 0 Å². The van der Waals surface area contributed by atoms with E-state index in [4.69, 9.17) is 4.74 Å². The molecule has 114 valence electrons. The summed E-state index contributed by atoms with van der Waals surface area (Å²) in [4.78, 5) is 16.7. The molecule has 0 aliphatic carbocycles. The molecule has 2 saturated heterocycles. The van der Waals surface area contributed by atoms with Gasteiger partial charge in [0.1, 0.15) is 11.9 Å². The van der Waals surface area contributed by atoms with E-state index in [2.05, 4.69) is 17.3 Å². The lowest BCUT2D eigenvalue weighted by Gasteiger charge is -2.38. The summed E-state index contributed by atoms with van der Waals surface area (Å²) in [5, 5.41) is 3.34. The third kappa shape index (κ3) is 2.76. The van der Waals surface area contributed by atoms with Crippen LogP contribution >= 0.6 is 0 Å². The highest BCUT2D eigenvalue weighted by Gasteiger charge is 2.38. The van der Waals surface area contributed by atoms with Gasteiger partial charge in [-0.25, -0.2) is 0 Å². The summed E-state index contributed by atoms with van der Waals surface area (Å²) < 4.78 is 5.46. The lowest BCUT2D eigenvalue weighted by Crippen LogP contribution is -2.46. The van der Waals surface area contributed by atoms with Gasteiger partial charge in [0.05, 0.1) is 13.7 Å². The second kappa shape index (κ2) is 6.03. The third-order valence-corrected chi connectivity index (χ3v) is 4.53. The van der Waals surface area contributed by atoms with Crippen molar-refractivity contribution in [1.29, 1.82) is 0 Å². The van der Waals surface area contributed by atoms with Crippen molar-refractivity contribution in [2.24, 2.45) is 0 Å². The number of nitrogens with one attached hydrogen (secondary N) is 1. The number of methoxy groups -OCH3 is 1. The average Bonchev–Trinajstić information content (AvgIpc) is 2.90. The predicted octanol–water partition coefficient (Wildman–Crippen LogP) is 1.22. The van der Waals surface area contributed by atoms with Gasteiger partial charge < -0.3 is 14.5 Å². The van der Waals surface area contributed by atoms with Gasteiger partial charge in [0.2, 0.25) is 5.91 Å². The Labute approximate surface area is 125 Å². The second-order valence-corrected chi connectivity index (χ2v) is 5.86. The number of hydrogen-bond acceptors (Lipinski definition) is 4. The smallest absolute Gasteiger partial charge is 0.238 e. The fraction of sp³-hybridized carbons (Fsp3) is 0.562. The van der Waals surface area contributed by atoms with E-state index in [9.17, 15) is 4.79 Å². The van der Waals surface area contributed by atoms with Gasteiger partial charge in [0, 0.05) is 11.6 Å². The Balaban J connectivity index is 1.85. The van der Waals surface area contributed by atoms with Crippen LogP contribution in [-0.2, 0) is 4.79 Å². The molecular weight excluding hydrogens is 266 g/mol. The lowest BCUT2D eigenvalue weighted by atomic mass is 10.0. The summed E-state index contributed by atoms with van der Waals surface area (Å²) in [6.45, 7) is 2.51. The van der Waals surface area contributed by atoms with E-state index in [1.807, 2.05) is 29.2 Å². The zero-order chi connectivity index (χ0) is 14.8. The Hall–Kier alpha value is -1.59. The van der Waals surface area contributed by atoms with Crippen LogP contribution in [0.2, 0.25) is 0 Å². The summed E-state index contributed by atoms with van der Waals surface area (Å²) in [7, 11) is 3.81. The van der Waals surface area contributed by atoms with E-state index in [0.717, 1.165) is 37.2 Å². The Morgan fingerprint density at radius 3 is 2.67 bits per heavy atom. The number of carbonyl (C=O) groups is 1. The molecule has 2 fully saturated rings. The number of ether oxygens (including phenoxy) is 1. The molecule has 0 bridgehead atoms. The zero-order valence-corrected chi connectivity index (χ0v) is 12.7. The van der Waals surface area contributed by atoms with Crippen LogP contribution in [0.4, 0.5) is 0 Å². The second-order valence-electron chi connectivity index (χ2n) is 5.86. The molecule has 1 unspecified atom stereocenters. The number of rotatable bonds is 3. The molecule has 1 atom stereocenters. The lowest BCUT2D eigenvalue weighted by molar-refractivity contribution is -0.131. The molecule has 1 amide bonds. The van der Waals surface area contributed by atoms with Crippen LogP contribution in [0.1, 0.15) is 24.6 Å². The highest BCUT2D eigenvalue weighted by atomic mass is 16.5. The van der Waals surface area contributed by atoms with E-state index >= 15 is 0 Å². The molecule has 3 rings (SSSR count). The number of carbonyl (C=O) groups excluding carboxylic acids is 1. The van der Waals surface area contributed by atoms with Crippen LogP contribution in [0.3, 0.4) is 0 Å². The molecule has 5 nitrogen and oxygen atoms in total. The molecule has 0 radical (unpaired) electrons. The quantitative estimate of drug-likeness (QED) is 0.909. The van der Waals surface area contributed by atoms with Gasteiger partial charge in [-0.1, -0.05) is 18.2 Å². The number of benzene rings is 1. The van der Waals surface area contributed by atoms with Gasteiger partial charge >= 0.3 is 0 Å². The van der Waals surface area contributed by atoms with Gasteiger partial charge in [-0.05, 0) is 39.0 Å². The number of hydrogen-bond donors (Lipinski definition) is 1. The minimum absolute atomic E-state index is 0.0675. The van der Waals surface area contributed by atoms with E-state index < -0.39 is 0 Å². The van der Waals surface area contributed by atoms with Crippen molar-refractivity contribution in [2.75, 3.05) is 33.8 Å². The van der Waals surface area contributed by atoms with E-state index in [1.165, 1.54) is 0 Å². The van der Waals surface area contributed by atoms with E-state index in [-0.39, 0.29) is 12.1 Å². The van der Waals surface area contributed by atoms with Crippen LogP contribution in [0.15, 0.2) is 24.3 Å². The molecule has 2 aliphatic rings. The topological polar surface area (TPSA) is 44.8 Å². The monoisotopic (exact) mass is 289 g/mol. The summed E-state index contributed by atoms with van der Waals surface area (Å²) in [5.41, 5.74) is 1.05. The van der Waals surface area contributed by atoms with Crippen molar-refractivity contribution in [3.63, 3.8) is 0 Å². The first-order chi connectivity index (χ1) is 10.2. The molecule has 0 aromatic heterocycles. The fourth-order valence-corrected chi connectivity index (χ4v) is 3.36. The Bertz CT molecular complexity index is 512. The SMILES string of the molecule is COc1ccccc1C1NCC(=O)N1C1CCN(C)CC1. The van der Waals surface area contributed by atoms with Crippen molar-refractivity contribution in [1.82, 2.24) is 15.1 Å². The molecule has 1 N–H and O–H groups in total. The third-order valence-electron chi connectivity index (χ3n) is 4.53. The van der Waals surface area contributed by atoms with Crippen molar-refractivity contribution in [3.8, 4) is 5.75 Å². The first-order valence-corrected chi connectivity index (χ1v) is 7.56. The fourth-order valence-electron chi connectivity index (χ4n) is 3.36. The molecule has 2 aliphatic heterocycles. The van der Waals surface area contributed by atoms with Gasteiger partial charge in [-0.15, -0.1) is 0 Å². The highest BCUT2D eigenvalue weighted by molar-refractivity contribution is 5.81. The number of piperidine rings is 1. The number of amides is 1. The summed E-state index contributed by atoms with van der Waals surface area (Å²) in [5.74, 6) is 1.03. The molecule has 1 aromatic carbocycles. The Kier molecular flexibility index (Phi) is 4.12. The Morgan fingerprint density at radius 1 is 1.24 bits per heavy atom. The van der Waals surface area contributed by atoms with Crippen molar-refractivity contribution in [2.45, 2.75) is 25.0 Å². The van der Waals surface area contributed by atoms with Crippen LogP contribution in [0, 0.1) is 0 Å². The number of likely N-dealkylation sites (tertiary alicyclic amines) is 1. The molecule has 0 spiro atoms. The first-order valence-electron chi connectivity index (χ1n) is 7.56.